The minimum absolute atomic E-state index is 0.170. The number of benzene rings is 2. The van der Waals surface area contributed by atoms with Gasteiger partial charge in [0, 0.05) is 17.8 Å². The van der Waals surface area contributed by atoms with Crippen LogP contribution in [0, 0.1) is 5.82 Å². The number of aromatic hydroxyl groups is 1. The Morgan fingerprint density at radius 1 is 1.30 bits per heavy atom. The number of carbonyl (C=O) groups is 1. The van der Waals surface area contributed by atoms with E-state index in [0.717, 1.165) is 6.07 Å². The fourth-order valence-corrected chi connectivity index (χ4v) is 1.82. The third-order valence-corrected chi connectivity index (χ3v) is 2.92. The lowest BCUT2D eigenvalue weighted by Crippen LogP contribution is -2.13. The number of hydrogen-bond donors (Lipinski definition) is 2. The molecule has 0 saturated heterocycles. The molecule has 2 rings (SSSR count). The summed E-state index contributed by atoms with van der Waals surface area (Å²) in [6.45, 7) is 0. The van der Waals surface area contributed by atoms with Crippen LogP contribution in [-0.4, -0.2) is 18.1 Å². The van der Waals surface area contributed by atoms with E-state index in [0.29, 0.717) is 16.5 Å². The van der Waals surface area contributed by atoms with Gasteiger partial charge in [0.15, 0.2) is 0 Å². The lowest BCUT2D eigenvalue weighted by Gasteiger charge is -2.09. The maximum Gasteiger partial charge on any atom is 0.258 e. The lowest BCUT2D eigenvalue weighted by molar-refractivity contribution is 0.102. The number of methoxy groups -OCH3 is 1. The second-order valence-electron chi connectivity index (χ2n) is 3.97. The Balaban J connectivity index is 2.23. The number of phenolic OH excluding ortho intramolecular Hbond substituents is 1. The first kappa shape index (κ1) is 14.1. The van der Waals surface area contributed by atoms with Crippen LogP contribution >= 0.6 is 11.6 Å². The molecule has 0 aliphatic rings. The summed E-state index contributed by atoms with van der Waals surface area (Å²) in [6.07, 6.45) is 0. The van der Waals surface area contributed by atoms with Gasteiger partial charge in [-0.2, -0.15) is 0 Å². The van der Waals surface area contributed by atoms with Gasteiger partial charge in [0.1, 0.15) is 17.3 Å². The number of anilines is 1. The van der Waals surface area contributed by atoms with Gasteiger partial charge in [-0.05, 0) is 24.3 Å². The number of nitrogens with one attached hydrogen (secondary N) is 1. The molecule has 0 unspecified atom stereocenters. The predicted octanol–water partition coefficient (Wildman–Crippen LogP) is 3.45. The lowest BCUT2D eigenvalue weighted by atomic mass is 10.2. The molecular weight excluding hydrogens is 285 g/mol. The van der Waals surface area contributed by atoms with Crippen LogP contribution in [0.3, 0.4) is 0 Å². The zero-order valence-corrected chi connectivity index (χ0v) is 11.2. The molecule has 0 radical (unpaired) electrons. The van der Waals surface area contributed by atoms with Gasteiger partial charge >= 0.3 is 0 Å². The summed E-state index contributed by atoms with van der Waals surface area (Å²) in [6, 6.07) is 7.97. The van der Waals surface area contributed by atoms with Gasteiger partial charge in [-0.1, -0.05) is 11.6 Å². The molecule has 0 bridgehead atoms. The topological polar surface area (TPSA) is 58.6 Å². The standard InChI is InChI=1S/C14H11ClFNO3/c1-20-13-6-8(2-5-11(13)15)17-14(19)10-4-3-9(18)7-12(10)16/h2-7,18H,1H3,(H,17,19). The van der Waals surface area contributed by atoms with Gasteiger partial charge in [-0.15, -0.1) is 0 Å². The minimum Gasteiger partial charge on any atom is -0.508 e. The van der Waals surface area contributed by atoms with Crippen LogP contribution in [0.15, 0.2) is 36.4 Å². The fraction of sp³-hybridized carbons (Fsp3) is 0.0714. The minimum atomic E-state index is -0.802. The zero-order chi connectivity index (χ0) is 14.7. The molecule has 0 fully saturated rings. The first-order valence-corrected chi connectivity index (χ1v) is 6.02. The fourth-order valence-electron chi connectivity index (χ4n) is 1.62. The average molecular weight is 296 g/mol. The van der Waals surface area contributed by atoms with Crippen molar-refractivity contribution in [3.63, 3.8) is 0 Å². The number of hydrogen-bond acceptors (Lipinski definition) is 3. The molecule has 0 aliphatic heterocycles. The third kappa shape index (κ3) is 3.00. The van der Waals surface area contributed by atoms with E-state index in [1.54, 1.807) is 12.1 Å². The van der Waals surface area contributed by atoms with Gasteiger partial charge in [0.25, 0.3) is 5.91 Å². The van der Waals surface area contributed by atoms with Gasteiger partial charge < -0.3 is 15.2 Å². The van der Waals surface area contributed by atoms with E-state index >= 15 is 0 Å². The summed E-state index contributed by atoms with van der Waals surface area (Å²) in [5.74, 6) is -1.28. The molecule has 0 saturated carbocycles. The number of phenols is 1. The van der Waals surface area contributed by atoms with Crippen LogP contribution in [0.5, 0.6) is 11.5 Å². The summed E-state index contributed by atoms with van der Waals surface area (Å²) < 4.78 is 18.6. The molecule has 2 aromatic rings. The number of halogens is 2. The molecule has 2 N–H and O–H groups in total. The summed E-state index contributed by atoms with van der Waals surface area (Å²) in [7, 11) is 1.45. The average Bonchev–Trinajstić information content (AvgIpc) is 2.40. The molecule has 4 nitrogen and oxygen atoms in total. The molecular formula is C14H11ClFNO3. The molecule has 6 heteroatoms. The van der Waals surface area contributed by atoms with Crippen LogP contribution in [-0.2, 0) is 0 Å². The SMILES string of the molecule is COc1cc(NC(=O)c2ccc(O)cc2F)ccc1Cl. The Bertz CT molecular complexity index is 661. The number of carbonyl (C=O) groups excluding carboxylic acids is 1. The molecule has 0 atom stereocenters. The van der Waals surface area contributed by atoms with Crippen molar-refractivity contribution >= 4 is 23.2 Å². The van der Waals surface area contributed by atoms with E-state index < -0.39 is 11.7 Å². The number of rotatable bonds is 3. The quantitative estimate of drug-likeness (QED) is 0.912. The van der Waals surface area contributed by atoms with E-state index in [4.69, 9.17) is 21.4 Å². The van der Waals surface area contributed by atoms with Crippen molar-refractivity contribution < 1.29 is 19.0 Å². The smallest absolute Gasteiger partial charge is 0.258 e. The van der Waals surface area contributed by atoms with E-state index in [-0.39, 0.29) is 11.3 Å². The van der Waals surface area contributed by atoms with Crippen LogP contribution in [0.4, 0.5) is 10.1 Å². The van der Waals surface area contributed by atoms with Gasteiger partial charge in [0.2, 0.25) is 0 Å². The van der Waals surface area contributed by atoms with Crippen molar-refractivity contribution in [3.8, 4) is 11.5 Å². The Morgan fingerprint density at radius 3 is 2.70 bits per heavy atom. The highest BCUT2D eigenvalue weighted by molar-refractivity contribution is 6.32. The molecule has 0 aliphatic carbocycles. The predicted molar refractivity (Wildman–Crippen MR) is 74.0 cm³/mol. The summed E-state index contributed by atoms with van der Waals surface area (Å²) in [5, 5.41) is 12.0. The van der Waals surface area contributed by atoms with E-state index in [1.165, 1.54) is 25.3 Å². The van der Waals surface area contributed by atoms with Crippen molar-refractivity contribution in [1.29, 1.82) is 0 Å². The molecule has 2 aromatic carbocycles. The third-order valence-electron chi connectivity index (χ3n) is 2.61. The van der Waals surface area contributed by atoms with Crippen molar-refractivity contribution in [2.24, 2.45) is 0 Å². The van der Waals surface area contributed by atoms with Crippen molar-refractivity contribution in [3.05, 3.63) is 52.8 Å². The molecule has 1 amide bonds. The highest BCUT2D eigenvalue weighted by Gasteiger charge is 2.13. The van der Waals surface area contributed by atoms with Crippen molar-refractivity contribution in [2.45, 2.75) is 0 Å². The number of amides is 1. The molecule has 0 spiro atoms. The first-order valence-electron chi connectivity index (χ1n) is 5.64. The Hall–Kier alpha value is -2.27. The number of ether oxygens (including phenoxy) is 1. The highest BCUT2D eigenvalue weighted by atomic mass is 35.5. The van der Waals surface area contributed by atoms with E-state index in [1.807, 2.05) is 0 Å². The normalized spacial score (nSPS) is 10.2. The zero-order valence-electron chi connectivity index (χ0n) is 10.5. The Labute approximate surface area is 119 Å². The summed E-state index contributed by atoms with van der Waals surface area (Å²) in [4.78, 5) is 11.9. The largest absolute Gasteiger partial charge is 0.508 e. The monoisotopic (exact) mass is 295 g/mol. The van der Waals surface area contributed by atoms with Gasteiger partial charge in [-0.3, -0.25) is 4.79 Å². The van der Waals surface area contributed by atoms with E-state index in [9.17, 15) is 9.18 Å². The van der Waals surface area contributed by atoms with Crippen LogP contribution < -0.4 is 10.1 Å². The Morgan fingerprint density at radius 2 is 2.05 bits per heavy atom. The highest BCUT2D eigenvalue weighted by Crippen LogP contribution is 2.27. The maximum atomic E-state index is 13.5. The molecule has 20 heavy (non-hydrogen) atoms. The molecule has 104 valence electrons. The molecule has 0 heterocycles. The van der Waals surface area contributed by atoms with Crippen molar-refractivity contribution in [1.82, 2.24) is 0 Å². The first-order chi connectivity index (χ1) is 9.51. The van der Waals surface area contributed by atoms with Gasteiger partial charge in [-0.25, -0.2) is 4.39 Å². The van der Waals surface area contributed by atoms with E-state index in [2.05, 4.69) is 5.32 Å². The second-order valence-corrected chi connectivity index (χ2v) is 4.37. The summed E-state index contributed by atoms with van der Waals surface area (Å²) in [5.41, 5.74) is 0.250. The van der Waals surface area contributed by atoms with Crippen LogP contribution in [0.1, 0.15) is 10.4 Å². The van der Waals surface area contributed by atoms with Gasteiger partial charge in [0.05, 0.1) is 17.7 Å². The maximum absolute atomic E-state index is 13.5. The van der Waals surface area contributed by atoms with Crippen molar-refractivity contribution in [2.75, 3.05) is 12.4 Å². The second kappa shape index (κ2) is 5.79. The van der Waals surface area contributed by atoms with Crippen LogP contribution in [0.25, 0.3) is 0 Å². The summed E-state index contributed by atoms with van der Waals surface area (Å²) >= 11 is 5.87. The van der Waals surface area contributed by atoms with Crippen LogP contribution in [0.2, 0.25) is 5.02 Å². The Kier molecular flexibility index (Phi) is 4.10. The molecule has 0 aromatic heterocycles.